The first-order valence-electron chi connectivity index (χ1n) is 6.94. The summed E-state index contributed by atoms with van der Waals surface area (Å²) in [6, 6.07) is 7.14. The van der Waals surface area contributed by atoms with Crippen LogP contribution in [0.3, 0.4) is 0 Å². The van der Waals surface area contributed by atoms with Crippen LogP contribution in [0.15, 0.2) is 18.2 Å². The summed E-state index contributed by atoms with van der Waals surface area (Å²) in [7, 11) is 0. The first-order valence-corrected chi connectivity index (χ1v) is 7.31. The monoisotopic (exact) mass is 264 g/mol. The zero-order chi connectivity index (χ0) is 12.5. The predicted octanol–water partition coefficient (Wildman–Crippen LogP) is 2.83. The molecule has 0 aromatic heterocycles. The Hall–Kier alpha value is -0.570. The van der Waals surface area contributed by atoms with Gasteiger partial charge in [-0.3, -0.25) is 4.90 Å². The van der Waals surface area contributed by atoms with E-state index < -0.39 is 0 Å². The topological polar surface area (TPSA) is 15.3 Å². The van der Waals surface area contributed by atoms with Crippen molar-refractivity contribution in [3.8, 4) is 0 Å². The second-order valence-electron chi connectivity index (χ2n) is 5.69. The van der Waals surface area contributed by atoms with Gasteiger partial charge in [0.25, 0.3) is 0 Å². The Bertz CT molecular complexity index is 433. The molecule has 2 nitrogen and oxygen atoms in total. The second kappa shape index (κ2) is 5.20. The molecular formula is C15H21ClN2. The van der Waals surface area contributed by atoms with Gasteiger partial charge in [-0.2, -0.15) is 0 Å². The highest BCUT2D eigenvalue weighted by Gasteiger charge is 2.34. The molecule has 2 aliphatic rings. The number of nitrogens with zero attached hydrogens (tertiary/aromatic N) is 1. The number of rotatable bonds is 2. The third-order valence-corrected chi connectivity index (χ3v) is 4.73. The van der Waals surface area contributed by atoms with Crippen molar-refractivity contribution in [1.29, 1.82) is 0 Å². The van der Waals surface area contributed by atoms with E-state index in [4.69, 9.17) is 11.6 Å². The highest BCUT2D eigenvalue weighted by molar-refractivity contribution is 6.31. The van der Waals surface area contributed by atoms with Gasteiger partial charge in [-0.15, -0.1) is 0 Å². The summed E-state index contributed by atoms with van der Waals surface area (Å²) in [6.45, 7) is 6.65. The Morgan fingerprint density at radius 2 is 2.28 bits per heavy atom. The van der Waals surface area contributed by atoms with Crippen LogP contribution in [0.2, 0.25) is 5.02 Å². The van der Waals surface area contributed by atoms with Crippen LogP contribution < -0.4 is 5.32 Å². The molecule has 2 unspecified atom stereocenters. The maximum absolute atomic E-state index is 6.35. The molecule has 0 radical (unpaired) electrons. The van der Waals surface area contributed by atoms with Crippen LogP contribution in [-0.2, 0) is 6.54 Å². The molecule has 3 rings (SSSR count). The normalized spacial score (nSPS) is 28.3. The number of hydrogen-bond acceptors (Lipinski definition) is 2. The minimum Gasteiger partial charge on any atom is -0.315 e. The summed E-state index contributed by atoms with van der Waals surface area (Å²) >= 11 is 6.35. The van der Waals surface area contributed by atoms with Crippen molar-refractivity contribution < 1.29 is 0 Å². The van der Waals surface area contributed by atoms with E-state index in [2.05, 4.69) is 35.3 Å². The molecular weight excluding hydrogens is 244 g/mol. The first kappa shape index (κ1) is 12.5. The van der Waals surface area contributed by atoms with Crippen molar-refractivity contribution >= 4 is 11.6 Å². The highest BCUT2D eigenvalue weighted by Crippen LogP contribution is 2.29. The molecule has 0 spiro atoms. The summed E-state index contributed by atoms with van der Waals surface area (Å²) in [5.41, 5.74) is 2.51. The number of likely N-dealkylation sites (tertiary alicyclic amines) is 1. The molecule has 0 saturated carbocycles. The van der Waals surface area contributed by atoms with Crippen LogP contribution in [0.5, 0.6) is 0 Å². The largest absolute Gasteiger partial charge is 0.315 e. The van der Waals surface area contributed by atoms with Crippen LogP contribution in [-0.4, -0.2) is 30.6 Å². The maximum Gasteiger partial charge on any atom is 0.0453 e. The van der Waals surface area contributed by atoms with E-state index in [-0.39, 0.29) is 0 Å². The zero-order valence-corrected chi connectivity index (χ0v) is 11.7. The minimum atomic E-state index is 0.719. The lowest BCUT2D eigenvalue weighted by atomic mass is 9.91. The molecule has 1 aromatic rings. The van der Waals surface area contributed by atoms with Gasteiger partial charge in [0, 0.05) is 24.2 Å². The summed E-state index contributed by atoms with van der Waals surface area (Å²) in [6.07, 6.45) is 2.71. The van der Waals surface area contributed by atoms with Crippen molar-refractivity contribution in [2.45, 2.75) is 32.4 Å². The molecule has 18 heavy (non-hydrogen) atoms. The van der Waals surface area contributed by atoms with Crippen molar-refractivity contribution in [3.05, 3.63) is 34.3 Å². The maximum atomic E-state index is 6.35. The van der Waals surface area contributed by atoms with E-state index in [1.165, 1.54) is 37.1 Å². The molecule has 1 N–H and O–H groups in total. The molecule has 2 saturated heterocycles. The van der Waals surface area contributed by atoms with Crippen LogP contribution in [0.1, 0.15) is 24.0 Å². The lowest BCUT2D eigenvalue weighted by molar-refractivity contribution is 0.117. The van der Waals surface area contributed by atoms with Crippen molar-refractivity contribution in [2.75, 3.05) is 19.6 Å². The molecule has 0 aliphatic carbocycles. The quantitative estimate of drug-likeness (QED) is 0.884. The first-order chi connectivity index (χ1) is 8.74. The van der Waals surface area contributed by atoms with Crippen molar-refractivity contribution in [2.24, 2.45) is 5.92 Å². The Labute approximate surface area is 114 Å². The number of hydrogen-bond donors (Lipinski definition) is 1. The molecule has 2 atom stereocenters. The van der Waals surface area contributed by atoms with E-state index in [0.717, 1.165) is 30.1 Å². The van der Waals surface area contributed by atoms with Crippen molar-refractivity contribution in [3.63, 3.8) is 0 Å². The van der Waals surface area contributed by atoms with Crippen molar-refractivity contribution in [1.82, 2.24) is 10.2 Å². The molecule has 0 bridgehead atoms. The second-order valence-corrected chi connectivity index (χ2v) is 6.10. The summed E-state index contributed by atoms with van der Waals surface area (Å²) < 4.78 is 0. The van der Waals surface area contributed by atoms with E-state index in [1.54, 1.807) is 0 Å². The van der Waals surface area contributed by atoms with Gasteiger partial charge < -0.3 is 5.32 Å². The van der Waals surface area contributed by atoms with Gasteiger partial charge in [0.2, 0.25) is 0 Å². The van der Waals surface area contributed by atoms with E-state index in [0.29, 0.717) is 0 Å². The molecule has 3 heteroatoms. The number of benzene rings is 1. The van der Waals surface area contributed by atoms with Gasteiger partial charge in [0.1, 0.15) is 0 Å². The summed E-state index contributed by atoms with van der Waals surface area (Å²) in [4.78, 5) is 2.62. The Morgan fingerprint density at radius 1 is 1.39 bits per heavy atom. The van der Waals surface area contributed by atoms with Crippen LogP contribution >= 0.6 is 11.6 Å². The van der Waals surface area contributed by atoms with Crippen LogP contribution in [0.4, 0.5) is 0 Å². The summed E-state index contributed by atoms with van der Waals surface area (Å²) in [5, 5.41) is 4.45. The predicted molar refractivity (Wildman–Crippen MR) is 76.0 cm³/mol. The van der Waals surface area contributed by atoms with Crippen LogP contribution in [0.25, 0.3) is 0 Å². The van der Waals surface area contributed by atoms with Crippen LogP contribution in [0, 0.1) is 12.8 Å². The third-order valence-electron chi connectivity index (χ3n) is 4.38. The van der Waals surface area contributed by atoms with Gasteiger partial charge in [0.05, 0.1) is 0 Å². The molecule has 98 valence electrons. The number of aryl methyl sites for hydroxylation is 1. The van der Waals surface area contributed by atoms with Gasteiger partial charge >= 0.3 is 0 Å². The standard InChI is InChI=1S/C15H21ClN2/c1-11-4-5-13(14(16)7-11)10-18-6-2-3-12-8-17-9-15(12)18/h4-5,7,12,15,17H,2-3,6,8-10H2,1H3. The zero-order valence-electron chi connectivity index (χ0n) is 11.0. The van der Waals surface area contributed by atoms with E-state index >= 15 is 0 Å². The number of fused-ring (bicyclic) bond motifs is 1. The lowest BCUT2D eigenvalue weighted by Crippen LogP contribution is -2.44. The molecule has 2 fully saturated rings. The Kier molecular flexibility index (Phi) is 3.60. The smallest absolute Gasteiger partial charge is 0.0453 e. The average Bonchev–Trinajstić information content (AvgIpc) is 2.82. The summed E-state index contributed by atoms with van der Waals surface area (Å²) in [5.74, 6) is 0.850. The van der Waals surface area contributed by atoms with Gasteiger partial charge in [-0.25, -0.2) is 0 Å². The molecule has 2 aliphatic heterocycles. The Balaban J connectivity index is 1.75. The lowest BCUT2D eigenvalue weighted by Gasteiger charge is -2.37. The number of piperidine rings is 1. The fourth-order valence-electron chi connectivity index (χ4n) is 3.36. The number of nitrogens with one attached hydrogen (secondary N) is 1. The van der Waals surface area contributed by atoms with Gasteiger partial charge in [0.15, 0.2) is 0 Å². The van der Waals surface area contributed by atoms with E-state index in [9.17, 15) is 0 Å². The fourth-order valence-corrected chi connectivity index (χ4v) is 3.65. The van der Waals surface area contributed by atoms with Gasteiger partial charge in [-0.05, 0) is 56.0 Å². The average molecular weight is 265 g/mol. The van der Waals surface area contributed by atoms with Gasteiger partial charge in [-0.1, -0.05) is 23.7 Å². The Morgan fingerprint density at radius 3 is 3.11 bits per heavy atom. The fraction of sp³-hybridized carbons (Fsp3) is 0.600. The SMILES string of the molecule is Cc1ccc(CN2CCCC3CNCC32)c(Cl)c1. The minimum absolute atomic E-state index is 0.719. The third kappa shape index (κ3) is 2.42. The van der Waals surface area contributed by atoms with E-state index in [1.807, 2.05) is 0 Å². The molecule has 0 amide bonds. The number of halogens is 1. The highest BCUT2D eigenvalue weighted by atomic mass is 35.5. The molecule has 1 aromatic carbocycles. The molecule has 2 heterocycles.